The van der Waals surface area contributed by atoms with Crippen molar-refractivity contribution in [1.82, 2.24) is 0 Å². The van der Waals surface area contributed by atoms with Crippen LogP contribution in [0.15, 0.2) is 38.0 Å². The molecule has 132 valence electrons. The number of rotatable bonds is 9. The molecule has 2 atom stereocenters. The van der Waals surface area contributed by atoms with Crippen molar-refractivity contribution in [2.75, 3.05) is 19.8 Å². The molecule has 1 rings (SSSR count). The fourth-order valence-corrected chi connectivity index (χ4v) is 2.79. The average Bonchev–Trinajstić information content (AvgIpc) is 2.61. The van der Waals surface area contributed by atoms with Gasteiger partial charge in [0.25, 0.3) is 0 Å². The van der Waals surface area contributed by atoms with Gasteiger partial charge in [0.15, 0.2) is 0 Å². The van der Waals surface area contributed by atoms with E-state index in [-0.39, 0.29) is 19.8 Å². The summed E-state index contributed by atoms with van der Waals surface area (Å²) in [4.78, 5) is 36.9. The normalized spacial score (nSPS) is 22.8. The lowest BCUT2D eigenvalue weighted by atomic mass is 9.72. The van der Waals surface area contributed by atoms with Crippen molar-refractivity contribution >= 4 is 17.9 Å². The molecule has 1 fully saturated rings. The third-order valence-electron chi connectivity index (χ3n) is 3.81. The Morgan fingerprint density at radius 2 is 1.12 bits per heavy atom. The summed E-state index contributed by atoms with van der Waals surface area (Å²) in [5.41, 5.74) is 0. The van der Waals surface area contributed by atoms with E-state index in [1.807, 2.05) is 0 Å². The molecule has 0 aromatic carbocycles. The number of ether oxygens (including phenoxy) is 3. The summed E-state index contributed by atoms with van der Waals surface area (Å²) in [6, 6.07) is 0. The van der Waals surface area contributed by atoms with Gasteiger partial charge in [0.1, 0.15) is 19.8 Å². The van der Waals surface area contributed by atoms with Crippen molar-refractivity contribution in [3.05, 3.63) is 38.0 Å². The van der Waals surface area contributed by atoms with E-state index >= 15 is 0 Å². The fourth-order valence-electron chi connectivity index (χ4n) is 2.79. The van der Waals surface area contributed by atoms with Crippen LogP contribution in [0.25, 0.3) is 0 Å². The number of esters is 3. The van der Waals surface area contributed by atoms with Gasteiger partial charge in [-0.05, 0) is 12.8 Å². The maximum Gasteiger partial charge on any atom is 0.311 e. The predicted octanol–water partition coefficient (Wildman–Crippen LogP) is 2.21. The molecule has 6 nitrogen and oxygen atoms in total. The standard InChI is InChI=1S/C18H24O6/c1-4-10-22-16(19)13-8-7-9-14(17(20)23-11-5-2)15(13)18(21)24-12-6-3/h4-6,13-15H,1-3,7-12H2. The van der Waals surface area contributed by atoms with Gasteiger partial charge in [-0.2, -0.15) is 0 Å². The average molecular weight is 336 g/mol. The van der Waals surface area contributed by atoms with Crippen LogP contribution in [0.4, 0.5) is 0 Å². The van der Waals surface area contributed by atoms with Crippen LogP contribution in [0, 0.1) is 17.8 Å². The first-order valence-corrected chi connectivity index (χ1v) is 7.89. The Morgan fingerprint density at radius 3 is 1.50 bits per heavy atom. The van der Waals surface area contributed by atoms with Crippen LogP contribution in [0.5, 0.6) is 0 Å². The second kappa shape index (κ2) is 10.4. The highest BCUT2D eigenvalue weighted by atomic mass is 16.5. The van der Waals surface area contributed by atoms with Crippen LogP contribution in [0.3, 0.4) is 0 Å². The zero-order chi connectivity index (χ0) is 17.9. The molecule has 0 heterocycles. The van der Waals surface area contributed by atoms with Gasteiger partial charge in [-0.3, -0.25) is 14.4 Å². The molecule has 1 aliphatic rings. The van der Waals surface area contributed by atoms with Crippen LogP contribution < -0.4 is 0 Å². The van der Waals surface area contributed by atoms with E-state index in [1.54, 1.807) is 0 Å². The Kier molecular flexibility index (Phi) is 8.54. The lowest BCUT2D eigenvalue weighted by molar-refractivity contribution is -0.171. The predicted molar refractivity (Wildman–Crippen MR) is 87.8 cm³/mol. The zero-order valence-corrected chi connectivity index (χ0v) is 13.8. The monoisotopic (exact) mass is 336 g/mol. The minimum Gasteiger partial charge on any atom is -0.461 e. The van der Waals surface area contributed by atoms with E-state index in [4.69, 9.17) is 14.2 Å². The Balaban J connectivity index is 2.97. The maximum atomic E-state index is 12.4. The lowest BCUT2D eigenvalue weighted by Crippen LogP contribution is -2.44. The van der Waals surface area contributed by atoms with Crippen molar-refractivity contribution in [2.24, 2.45) is 17.8 Å². The molecule has 2 unspecified atom stereocenters. The smallest absolute Gasteiger partial charge is 0.311 e. The summed E-state index contributed by atoms with van der Waals surface area (Å²) >= 11 is 0. The van der Waals surface area contributed by atoms with Crippen LogP contribution in [-0.4, -0.2) is 37.7 Å². The minimum atomic E-state index is -0.923. The maximum absolute atomic E-state index is 12.4. The van der Waals surface area contributed by atoms with E-state index in [2.05, 4.69) is 19.7 Å². The zero-order valence-electron chi connectivity index (χ0n) is 13.8. The van der Waals surface area contributed by atoms with Crippen molar-refractivity contribution < 1.29 is 28.6 Å². The summed E-state index contributed by atoms with van der Waals surface area (Å²) in [5.74, 6) is -4.08. The Labute approximate surface area is 142 Å². The van der Waals surface area contributed by atoms with Gasteiger partial charge < -0.3 is 14.2 Å². The Morgan fingerprint density at radius 1 is 0.750 bits per heavy atom. The van der Waals surface area contributed by atoms with E-state index in [1.165, 1.54) is 18.2 Å². The molecule has 0 saturated heterocycles. The van der Waals surface area contributed by atoms with Gasteiger partial charge in [-0.15, -0.1) is 0 Å². The highest BCUT2D eigenvalue weighted by Crippen LogP contribution is 2.37. The molecule has 1 saturated carbocycles. The lowest BCUT2D eigenvalue weighted by Gasteiger charge is -2.33. The summed E-state index contributed by atoms with van der Waals surface area (Å²) in [6.45, 7) is 10.6. The largest absolute Gasteiger partial charge is 0.461 e. The van der Waals surface area contributed by atoms with E-state index in [0.717, 1.165) is 0 Å². The molecule has 0 aromatic heterocycles. The molecule has 24 heavy (non-hydrogen) atoms. The molecule has 0 amide bonds. The van der Waals surface area contributed by atoms with Crippen LogP contribution >= 0.6 is 0 Å². The molecule has 6 heteroatoms. The summed E-state index contributed by atoms with van der Waals surface area (Å²) in [5, 5.41) is 0. The first-order valence-electron chi connectivity index (χ1n) is 7.89. The van der Waals surface area contributed by atoms with Gasteiger partial charge in [-0.1, -0.05) is 44.4 Å². The van der Waals surface area contributed by atoms with Gasteiger partial charge in [0.05, 0.1) is 17.8 Å². The third kappa shape index (κ3) is 5.37. The van der Waals surface area contributed by atoms with Gasteiger partial charge in [0, 0.05) is 0 Å². The van der Waals surface area contributed by atoms with E-state index in [9.17, 15) is 14.4 Å². The SMILES string of the molecule is C=CCOC(=O)C1CCCC(C(=O)OCC=C)C1C(=O)OCC=C. The third-order valence-corrected chi connectivity index (χ3v) is 3.81. The topological polar surface area (TPSA) is 78.9 Å². The van der Waals surface area contributed by atoms with Crippen molar-refractivity contribution in [3.63, 3.8) is 0 Å². The highest BCUT2D eigenvalue weighted by molar-refractivity contribution is 5.87. The van der Waals surface area contributed by atoms with Crippen LogP contribution in [0.1, 0.15) is 19.3 Å². The molecule has 1 aliphatic carbocycles. The molecule has 0 spiro atoms. The van der Waals surface area contributed by atoms with Crippen molar-refractivity contribution in [2.45, 2.75) is 19.3 Å². The summed E-state index contributed by atoms with van der Waals surface area (Å²) < 4.78 is 15.2. The molecule has 0 bridgehead atoms. The molecule has 0 aromatic rings. The first-order chi connectivity index (χ1) is 11.6. The molecule has 0 N–H and O–H groups in total. The Hall–Kier alpha value is -2.37. The number of carbonyl (C=O) groups is 3. The van der Waals surface area contributed by atoms with Gasteiger partial charge in [0.2, 0.25) is 0 Å². The van der Waals surface area contributed by atoms with Crippen molar-refractivity contribution in [1.29, 1.82) is 0 Å². The molecular formula is C18H24O6. The fraction of sp³-hybridized carbons (Fsp3) is 0.500. The second-order valence-electron chi connectivity index (χ2n) is 5.43. The first kappa shape index (κ1) is 19.7. The van der Waals surface area contributed by atoms with Gasteiger partial charge >= 0.3 is 17.9 Å². The van der Waals surface area contributed by atoms with E-state index in [0.29, 0.717) is 19.3 Å². The Bertz CT molecular complexity index is 464. The number of hydrogen-bond donors (Lipinski definition) is 0. The number of hydrogen-bond acceptors (Lipinski definition) is 6. The van der Waals surface area contributed by atoms with Gasteiger partial charge in [-0.25, -0.2) is 0 Å². The molecule has 0 aliphatic heterocycles. The quantitative estimate of drug-likeness (QED) is 0.365. The van der Waals surface area contributed by atoms with Crippen molar-refractivity contribution in [3.8, 4) is 0 Å². The highest BCUT2D eigenvalue weighted by Gasteiger charge is 2.47. The second-order valence-corrected chi connectivity index (χ2v) is 5.43. The minimum absolute atomic E-state index is 0.0121. The molecule has 0 radical (unpaired) electrons. The van der Waals surface area contributed by atoms with E-state index < -0.39 is 35.7 Å². The van der Waals surface area contributed by atoms with Crippen LogP contribution in [-0.2, 0) is 28.6 Å². The number of carbonyl (C=O) groups excluding carboxylic acids is 3. The van der Waals surface area contributed by atoms with Crippen LogP contribution in [0.2, 0.25) is 0 Å². The molecular weight excluding hydrogens is 312 g/mol. The summed E-state index contributed by atoms with van der Waals surface area (Å²) in [7, 11) is 0. The summed E-state index contributed by atoms with van der Waals surface area (Å²) in [6.07, 6.45) is 5.84.